The normalized spacial score (nSPS) is 11.0. The van der Waals surface area contributed by atoms with Gasteiger partial charge in [-0.15, -0.1) is 0 Å². The third kappa shape index (κ3) is 4.74. The predicted octanol–water partition coefficient (Wildman–Crippen LogP) is 3.74. The number of nitrogens with zero attached hydrogens (tertiary/aromatic N) is 1. The molecule has 0 unspecified atom stereocenters. The van der Waals surface area contributed by atoms with Crippen LogP contribution in [0, 0.1) is 0 Å². The van der Waals surface area contributed by atoms with Crippen molar-refractivity contribution in [3.05, 3.63) is 66.0 Å². The highest BCUT2D eigenvalue weighted by atomic mass is 16.1. The first-order chi connectivity index (χ1) is 15.0. The summed E-state index contributed by atoms with van der Waals surface area (Å²) in [5.41, 5.74) is 5.34. The quantitative estimate of drug-likeness (QED) is 0.431. The van der Waals surface area contributed by atoms with E-state index >= 15 is 0 Å². The fourth-order valence-electron chi connectivity index (χ4n) is 3.90. The van der Waals surface area contributed by atoms with Gasteiger partial charge in [-0.25, -0.2) is 4.98 Å². The summed E-state index contributed by atoms with van der Waals surface area (Å²) >= 11 is 0. The molecule has 6 nitrogen and oxygen atoms in total. The second-order valence-electron chi connectivity index (χ2n) is 7.75. The molecule has 0 aliphatic carbocycles. The van der Waals surface area contributed by atoms with Crippen LogP contribution in [0.15, 0.2) is 54.9 Å². The number of nitrogens with one attached hydrogen (secondary N) is 3. The molecule has 0 saturated carbocycles. The van der Waals surface area contributed by atoms with Crippen molar-refractivity contribution in [2.45, 2.75) is 26.7 Å². The van der Waals surface area contributed by atoms with Gasteiger partial charge in [0.1, 0.15) is 5.65 Å². The molecule has 4 rings (SSSR count). The zero-order chi connectivity index (χ0) is 21.8. The SMILES string of the molecule is CC(=O)NCCc1cccc2ccc(-c3cnc4[nH]cc(CCNC(C)=O)c4c3)cc12. The summed E-state index contributed by atoms with van der Waals surface area (Å²) < 4.78 is 0. The minimum atomic E-state index is -0.0240. The molecule has 0 atom stereocenters. The maximum atomic E-state index is 11.2. The molecule has 0 aliphatic rings. The Balaban J connectivity index is 1.65. The van der Waals surface area contributed by atoms with Gasteiger partial charge in [0.25, 0.3) is 0 Å². The summed E-state index contributed by atoms with van der Waals surface area (Å²) in [5.74, 6) is -0.0368. The summed E-state index contributed by atoms with van der Waals surface area (Å²) in [6.45, 7) is 4.28. The van der Waals surface area contributed by atoms with Gasteiger partial charge in [0.2, 0.25) is 11.8 Å². The molecule has 2 heterocycles. The van der Waals surface area contributed by atoms with Crippen LogP contribution in [0.25, 0.3) is 32.9 Å². The average molecular weight is 415 g/mol. The fraction of sp³-hybridized carbons (Fsp3) is 0.240. The predicted molar refractivity (Wildman–Crippen MR) is 124 cm³/mol. The van der Waals surface area contributed by atoms with Crippen molar-refractivity contribution in [2.75, 3.05) is 13.1 Å². The van der Waals surface area contributed by atoms with Crippen LogP contribution in [0.2, 0.25) is 0 Å². The van der Waals surface area contributed by atoms with Crippen LogP contribution >= 0.6 is 0 Å². The van der Waals surface area contributed by atoms with Gasteiger partial charge in [-0.1, -0.05) is 30.3 Å². The molecule has 3 N–H and O–H groups in total. The van der Waals surface area contributed by atoms with E-state index in [-0.39, 0.29) is 11.8 Å². The van der Waals surface area contributed by atoms with Crippen molar-refractivity contribution in [3.63, 3.8) is 0 Å². The van der Waals surface area contributed by atoms with Crippen molar-refractivity contribution >= 4 is 33.6 Å². The van der Waals surface area contributed by atoms with Crippen molar-refractivity contribution in [1.29, 1.82) is 0 Å². The molecule has 2 amide bonds. The molecular formula is C25H26N4O2. The largest absolute Gasteiger partial charge is 0.356 e. The summed E-state index contributed by atoms with van der Waals surface area (Å²) in [7, 11) is 0. The molecule has 0 radical (unpaired) electrons. The van der Waals surface area contributed by atoms with Crippen LogP contribution in [0.3, 0.4) is 0 Å². The highest BCUT2D eigenvalue weighted by molar-refractivity contribution is 5.92. The number of H-pyrrole nitrogens is 1. The molecule has 0 spiro atoms. The molecule has 2 aromatic heterocycles. The lowest BCUT2D eigenvalue weighted by Gasteiger charge is -2.10. The molecule has 0 aliphatic heterocycles. The number of benzene rings is 2. The number of fused-ring (bicyclic) bond motifs is 2. The first-order valence-electron chi connectivity index (χ1n) is 10.5. The minimum Gasteiger partial charge on any atom is -0.356 e. The van der Waals surface area contributed by atoms with Crippen molar-refractivity contribution < 1.29 is 9.59 Å². The molecule has 4 aromatic rings. The summed E-state index contributed by atoms with van der Waals surface area (Å²) in [6.07, 6.45) is 5.37. The smallest absolute Gasteiger partial charge is 0.216 e. The Labute approximate surface area is 181 Å². The highest BCUT2D eigenvalue weighted by Gasteiger charge is 2.09. The van der Waals surface area contributed by atoms with E-state index in [1.807, 2.05) is 12.4 Å². The molecule has 0 bridgehead atoms. The van der Waals surface area contributed by atoms with Gasteiger partial charge in [-0.05, 0) is 52.4 Å². The zero-order valence-electron chi connectivity index (χ0n) is 17.8. The third-order valence-electron chi connectivity index (χ3n) is 5.46. The number of aromatic amines is 1. The molecule has 158 valence electrons. The average Bonchev–Trinajstić information content (AvgIpc) is 3.15. The fourth-order valence-corrected chi connectivity index (χ4v) is 3.90. The minimum absolute atomic E-state index is 0.0129. The van der Waals surface area contributed by atoms with E-state index in [9.17, 15) is 9.59 Å². The Bertz CT molecular complexity index is 1260. The lowest BCUT2D eigenvalue weighted by molar-refractivity contribution is -0.119. The lowest BCUT2D eigenvalue weighted by Crippen LogP contribution is -2.22. The van der Waals surface area contributed by atoms with Gasteiger partial charge in [-0.2, -0.15) is 0 Å². The second-order valence-corrected chi connectivity index (χ2v) is 7.75. The van der Waals surface area contributed by atoms with E-state index in [2.05, 4.69) is 63.1 Å². The monoisotopic (exact) mass is 414 g/mol. The number of aromatic nitrogens is 2. The Morgan fingerprint density at radius 1 is 0.871 bits per heavy atom. The molecule has 6 heteroatoms. The Morgan fingerprint density at radius 2 is 1.58 bits per heavy atom. The van der Waals surface area contributed by atoms with Gasteiger partial charge < -0.3 is 15.6 Å². The van der Waals surface area contributed by atoms with Gasteiger partial charge >= 0.3 is 0 Å². The first-order valence-corrected chi connectivity index (χ1v) is 10.5. The van der Waals surface area contributed by atoms with Gasteiger partial charge in [0.15, 0.2) is 0 Å². The van der Waals surface area contributed by atoms with E-state index in [4.69, 9.17) is 0 Å². The van der Waals surface area contributed by atoms with Crippen molar-refractivity contribution in [1.82, 2.24) is 20.6 Å². The summed E-state index contributed by atoms with van der Waals surface area (Å²) in [4.78, 5) is 30.2. The lowest BCUT2D eigenvalue weighted by atomic mass is 9.97. The van der Waals surface area contributed by atoms with Crippen LogP contribution in [0.1, 0.15) is 25.0 Å². The number of hydrogen-bond acceptors (Lipinski definition) is 3. The van der Waals surface area contributed by atoms with Crippen molar-refractivity contribution in [3.8, 4) is 11.1 Å². The number of pyridine rings is 1. The van der Waals surface area contributed by atoms with Gasteiger partial charge in [0, 0.05) is 50.3 Å². The second kappa shape index (κ2) is 9.00. The van der Waals surface area contributed by atoms with Crippen LogP contribution in [-0.2, 0) is 22.4 Å². The van der Waals surface area contributed by atoms with E-state index in [0.717, 1.165) is 40.6 Å². The Morgan fingerprint density at radius 3 is 2.32 bits per heavy atom. The Hall–Kier alpha value is -3.67. The van der Waals surface area contributed by atoms with E-state index in [1.54, 1.807) is 0 Å². The van der Waals surface area contributed by atoms with Crippen LogP contribution in [-0.4, -0.2) is 34.9 Å². The number of carbonyl (C=O) groups excluding carboxylic acids is 2. The number of rotatable bonds is 7. The third-order valence-corrected chi connectivity index (χ3v) is 5.46. The van der Waals surface area contributed by atoms with Crippen LogP contribution in [0.5, 0.6) is 0 Å². The number of amides is 2. The number of hydrogen-bond donors (Lipinski definition) is 3. The maximum Gasteiger partial charge on any atom is 0.216 e. The molecular weight excluding hydrogens is 388 g/mol. The topological polar surface area (TPSA) is 86.9 Å². The van der Waals surface area contributed by atoms with Crippen LogP contribution in [0.4, 0.5) is 0 Å². The van der Waals surface area contributed by atoms with Crippen LogP contribution < -0.4 is 10.6 Å². The summed E-state index contributed by atoms with van der Waals surface area (Å²) in [6, 6.07) is 14.9. The first kappa shape index (κ1) is 20.6. The zero-order valence-corrected chi connectivity index (χ0v) is 17.8. The van der Waals surface area contributed by atoms with Gasteiger partial charge in [0.05, 0.1) is 0 Å². The maximum absolute atomic E-state index is 11.2. The Kier molecular flexibility index (Phi) is 5.98. The molecule has 0 fully saturated rings. The molecule has 2 aromatic carbocycles. The van der Waals surface area contributed by atoms with E-state index in [1.165, 1.54) is 30.2 Å². The van der Waals surface area contributed by atoms with E-state index < -0.39 is 0 Å². The molecule has 31 heavy (non-hydrogen) atoms. The highest BCUT2D eigenvalue weighted by Crippen LogP contribution is 2.29. The number of carbonyl (C=O) groups is 2. The van der Waals surface area contributed by atoms with Crippen molar-refractivity contribution in [2.24, 2.45) is 0 Å². The van der Waals surface area contributed by atoms with E-state index in [0.29, 0.717) is 13.1 Å². The summed E-state index contributed by atoms with van der Waals surface area (Å²) in [5, 5.41) is 9.15. The van der Waals surface area contributed by atoms with Gasteiger partial charge in [-0.3, -0.25) is 9.59 Å². The molecule has 0 saturated heterocycles. The standard InChI is InChI=1S/C25H26N4O2/c1-16(30)26-10-8-19-5-3-4-18-6-7-20(12-23(18)19)22-13-24-21(9-11-27-17(2)31)14-28-25(24)29-15-22/h3-7,12-15H,8-11H2,1-2H3,(H,26,30)(H,27,31)(H,28,29).